The molecule has 8 heteroatoms. The van der Waals surface area contributed by atoms with Crippen LogP contribution in [0.5, 0.6) is 11.5 Å². The van der Waals surface area contributed by atoms with E-state index in [1.54, 1.807) is 13.0 Å². The zero-order valence-corrected chi connectivity index (χ0v) is 18.2. The van der Waals surface area contributed by atoms with Crippen LogP contribution in [-0.2, 0) is 6.42 Å². The molecule has 0 aliphatic rings. The van der Waals surface area contributed by atoms with Crippen LogP contribution in [0.1, 0.15) is 55.0 Å². The lowest BCUT2D eigenvalue weighted by atomic mass is 10.00. The van der Waals surface area contributed by atoms with E-state index in [4.69, 9.17) is 10.1 Å². The number of aromatic hydroxyl groups is 1. The Morgan fingerprint density at radius 2 is 2.00 bits per heavy atom. The second-order valence-electron chi connectivity index (χ2n) is 7.42. The van der Waals surface area contributed by atoms with E-state index in [9.17, 15) is 23.4 Å². The molecule has 2 aromatic carbocycles. The Kier molecular flexibility index (Phi) is 8.72. The van der Waals surface area contributed by atoms with Crippen molar-refractivity contribution in [3.63, 3.8) is 0 Å². The molecule has 0 amide bonds. The van der Waals surface area contributed by atoms with Crippen molar-refractivity contribution in [3.05, 3.63) is 59.2 Å². The molecule has 0 fully saturated rings. The molecule has 32 heavy (non-hydrogen) atoms. The van der Waals surface area contributed by atoms with E-state index in [0.717, 1.165) is 22.9 Å². The van der Waals surface area contributed by atoms with Crippen molar-refractivity contribution in [2.45, 2.75) is 45.4 Å². The highest BCUT2D eigenvalue weighted by atomic mass is 19.4. The summed E-state index contributed by atoms with van der Waals surface area (Å²) in [7, 11) is 0. The van der Waals surface area contributed by atoms with Crippen LogP contribution < -0.4 is 10.1 Å². The standard InChI is InChI=1S/C24H29F3N2O3/c1-4-7-18-21(11-9-19(22(18)31)23(28)24(25,26)27)32-13-6-12-29-20-10-8-17(15(3)30)14-16(20)5-2/h5,8-11,14-15,28-31H,2,4,6-7,12-13H2,1,3H3. The number of benzene rings is 2. The van der Waals surface area contributed by atoms with Gasteiger partial charge in [-0.3, -0.25) is 5.41 Å². The Morgan fingerprint density at radius 1 is 1.28 bits per heavy atom. The molecule has 0 aromatic heterocycles. The fourth-order valence-corrected chi connectivity index (χ4v) is 3.25. The van der Waals surface area contributed by atoms with Crippen LogP contribution in [0, 0.1) is 5.41 Å². The fraction of sp³-hybridized carbons (Fsp3) is 0.375. The third-order valence-electron chi connectivity index (χ3n) is 4.96. The van der Waals surface area contributed by atoms with E-state index < -0.39 is 29.3 Å². The Labute approximate surface area is 186 Å². The summed E-state index contributed by atoms with van der Waals surface area (Å²) < 4.78 is 44.4. The Bertz CT molecular complexity index is 956. The van der Waals surface area contributed by atoms with Crippen LogP contribution in [0.3, 0.4) is 0 Å². The first-order valence-corrected chi connectivity index (χ1v) is 10.4. The van der Waals surface area contributed by atoms with Crippen LogP contribution in [0.15, 0.2) is 36.9 Å². The number of rotatable bonds is 11. The number of phenolic OH excluding ortho intramolecular Hbond substituents is 1. The number of ether oxygens (including phenoxy) is 1. The molecule has 0 saturated carbocycles. The Morgan fingerprint density at radius 3 is 2.59 bits per heavy atom. The smallest absolute Gasteiger partial charge is 0.433 e. The number of aliphatic hydroxyl groups excluding tert-OH is 1. The lowest BCUT2D eigenvalue weighted by molar-refractivity contribution is -0.0588. The maximum absolute atomic E-state index is 12.9. The molecule has 0 spiro atoms. The van der Waals surface area contributed by atoms with Gasteiger partial charge in [0.1, 0.15) is 17.2 Å². The van der Waals surface area contributed by atoms with Gasteiger partial charge in [-0.05, 0) is 55.2 Å². The van der Waals surface area contributed by atoms with Crippen molar-refractivity contribution < 1.29 is 28.1 Å². The molecular weight excluding hydrogens is 421 g/mol. The number of anilines is 1. The van der Waals surface area contributed by atoms with Gasteiger partial charge in [-0.1, -0.05) is 32.1 Å². The molecule has 2 rings (SSSR count). The number of phenols is 1. The highest BCUT2D eigenvalue weighted by Crippen LogP contribution is 2.36. The normalized spacial score (nSPS) is 12.3. The Hall–Kier alpha value is -3.00. The number of aliphatic hydroxyl groups is 1. The lowest BCUT2D eigenvalue weighted by Gasteiger charge is -2.17. The highest BCUT2D eigenvalue weighted by molar-refractivity contribution is 6.04. The first-order valence-electron chi connectivity index (χ1n) is 10.4. The van der Waals surface area contributed by atoms with Gasteiger partial charge in [-0.15, -0.1) is 0 Å². The Balaban J connectivity index is 2.02. The lowest BCUT2D eigenvalue weighted by Crippen LogP contribution is -2.23. The van der Waals surface area contributed by atoms with Crippen molar-refractivity contribution in [3.8, 4) is 11.5 Å². The van der Waals surface area contributed by atoms with E-state index >= 15 is 0 Å². The van der Waals surface area contributed by atoms with Crippen molar-refractivity contribution in [2.24, 2.45) is 0 Å². The summed E-state index contributed by atoms with van der Waals surface area (Å²) in [6, 6.07) is 7.99. The summed E-state index contributed by atoms with van der Waals surface area (Å²) in [6.45, 7) is 8.18. The summed E-state index contributed by atoms with van der Waals surface area (Å²) in [6.07, 6.45) is -2.19. The second-order valence-corrected chi connectivity index (χ2v) is 7.42. The summed E-state index contributed by atoms with van der Waals surface area (Å²) >= 11 is 0. The van der Waals surface area contributed by atoms with Crippen LogP contribution in [0.4, 0.5) is 18.9 Å². The molecule has 0 radical (unpaired) electrons. The van der Waals surface area contributed by atoms with Crippen LogP contribution in [0.2, 0.25) is 0 Å². The minimum absolute atomic E-state index is 0.273. The van der Waals surface area contributed by atoms with Gasteiger partial charge in [0.05, 0.1) is 12.7 Å². The van der Waals surface area contributed by atoms with E-state index in [0.29, 0.717) is 31.6 Å². The number of nitrogens with one attached hydrogen (secondary N) is 2. The monoisotopic (exact) mass is 450 g/mol. The zero-order valence-electron chi connectivity index (χ0n) is 18.2. The quantitative estimate of drug-likeness (QED) is 0.255. The topological polar surface area (TPSA) is 85.6 Å². The van der Waals surface area contributed by atoms with Gasteiger partial charge in [0.15, 0.2) is 0 Å². The molecule has 1 atom stereocenters. The molecular formula is C24H29F3N2O3. The second kappa shape index (κ2) is 11.0. The average Bonchev–Trinajstić information content (AvgIpc) is 2.74. The maximum atomic E-state index is 12.9. The van der Waals surface area contributed by atoms with Crippen molar-refractivity contribution >= 4 is 17.5 Å². The van der Waals surface area contributed by atoms with Crippen molar-refractivity contribution in [1.82, 2.24) is 0 Å². The minimum Gasteiger partial charge on any atom is -0.507 e. The third kappa shape index (κ3) is 6.26. The van der Waals surface area contributed by atoms with Crippen LogP contribution in [0.25, 0.3) is 6.08 Å². The third-order valence-corrected chi connectivity index (χ3v) is 4.96. The zero-order chi connectivity index (χ0) is 23.9. The molecule has 2 aromatic rings. The van der Waals surface area contributed by atoms with Crippen molar-refractivity contribution in [1.29, 1.82) is 5.41 Å². The van der Waals surface area contributed by atoms with Gasteiger partial charge in [-0.2, -0.15) is 13.2 Å². The molecule has 4 N–H and O–H groups in total. The van der Waals surface area contributed by atoms with Gasteiger partial charge in [0, 0.05) is 23.4 Å². The van der Waals surface area contributed by atoms with Gasteiger partial charge < -0.3 is 20.3 Å². The molecule has 0 saturated heterocycles. The number of hydrogen-bond donors (Lipinski definition) is 4. The molecule has 5 nitrogen and oxygen atoms in total. The largest absolute Gasteiger partial charge is 0.507 e. The van der Waals surface area contributed by atoms with Crippen LogP contribution in [-0.4, -0.2) is 35.3 Å². The average molecular weight is 451 g/mol. The number of hydrogen-bond acceptors (Lipinski definition) is 5. The van der Waals surface area contributed by atoms with E-state index in [-0.39, 0.29) is 12.2 Å². The summed E-state index contributed by atoms with van der Waals surface area (Å²) in [4.78, 5) is 0. The van der Waals surface area contributed by atoms with Crippen molar-refractivity contribution in [2.75, 3.05) is 18.5 Å². The predicted octanol–water partition coefficient (Wildman–Crippen LogP) is 5.85. The van der Waals surface area contributed by atoms with Gasteiger partial charge in [-0.25, -0.2) is 0 Å². The number of halogens is 3. The summed E-state index contributed by atoms with van der Waals surface area (Å²) in [5, 5.41) is 30.6. The maximum Gasteiger partial charge on any atom is 0.433 e. The molecule has 0 aliphatic heterocycles. The minimum atomic E-state index is -4.84. The highest BCUT2D eigenvalue weighted by Gasteiger charge is 2.37. The molecule has 0 aliphatic carbocycles. The van der Waals surface area contributed by atoms with Crippen LogP contribution >= 0.6 is 0 Å². The first-order chi connectivity index (χ1) is 15.1. The SMILES string of the molecule is C=Cc1cc(C(C)O)ccc1NCCCOc1ccc(C(=N)C(F)(F)F)c(O)c1CCC. The summed E-state index contributed by atoms with van der Waals surface area (Å²) in [5.41, 5.74) is 0.662. The molecule has 1 unspecified atom stereocenters. The van der Waals surface area contributed by atoms with E-state index in [1.807, 2.05) is 25.1 Å². The van der Waals surface area contributed by atoms with Gasteiger partial charge >= 0.3 is 6.18 Å². The van der Waals surface area contributed by atoms with Gasteiger partial charge in [0.2, 0.25) is 0 Å². The predicted molar refractivity (Wildman–Crippen MR) is 121 cm³/mol. The molecule has 0 heterocycles. The van der Waals surface area contributed by atoms with Gasteiger partial charge in [0.25, 0.3) is 0 Å². The molecule has 0 bridgehead atoms. The van der Waals surface area contributed by atoms with E-state index in [2.05, 4.69) is 11.9 Å². The number of alkyl halides is 3. The molecule has 174 valence electrons. The first kappa shape index (κ1) is 25.3. The summed E-state index contributed by atoms with van der Waals surface area (Å²) in [5.74, 6) is -0.241. The fourth-order valence-electron chi connectivity index (χ4n) is 3.25. The van der Waals surface area contributed by atoms with E-state index in [1.165, 1.54) is 6.07 Å².